The lowest BCUT2D eigenvalue weighted by atomic mass is 10.1. The molecule has 1 aromatic carbocycles. The van der Waals surface area contributed by atoms with Crippen molar-refractivity contribution in [2.75, 3.05) is 32.7 Å². The van der Waals surface area contributed by atoms with Gasteiger partial charge in [-0.15, -0.1) is 12.4 Å². The first-order valence-electron chi connectivity index (χ1n) is 8.57. The first-order valence-corrected chi connectivity index (χ1v) is 8.57. The monoisotopic (exact) mass is 367 g/mol. The zero-order valence-corrected chi connectivity index (χ0v) is 15.3. The predicted molar refractivity (Wildman–Crippen MR) is 97.7 cm³/mol. The highest BCUT2D eigenvalue weighted by molar-refractivity contribution is 5.85. The van der Waals surface area contributed by atoms with Crippen LogP contribution in [-0.4, -0.2) is 71.6 Å². The number of amides is 2. The van der Waals surface area contributed by atoms with Crippen LogP contribution in [0.5, 0.6) is 0 Å². The van der Waals surface area contributed by atoms with E-state index in [1.807, 2.05) is 36.1 Å². The van der Waals surface area contributed by atoms with Crippen molar-refractivity contribution >= 4 is 24.2 Å². The summed E-state index contributed by atoms with van der Waals surface area (Å²) in [4.78, 5) is 28.5. The summed E-state index contributed by atoms with van der Waals surface area (Å²) < 4.78 is 0. The highest BCUT2D eigenvalue weighted by Gasteiger charge is 2.33. The average Bonchev–Trinajstić information content (AvgIpc) is 3.03. The van der Waals surface area contributed by atoms with E-state index in [1.165, 1.54) is 0 Å². The third-order valence-electron chi connectivity index (χ3n) is 4.95. The number of halogens is 1. The van der Waals surface area contributed by atoms with Crippen LogP contribution in [0.3, 0.4) is 0 Å². The number of nitrogens with zero attached hydrogens (tertiary/aromatic N) is 2. The molecule has 2 saturated heterocycles. The molecule has 0 bridgehead atoms. The maximum atomic E-state index is 12.5. The van der Waals surface area contributed by atoms with Crippen molar-refractivity contribution in [3.63, 3.8) is 0 Å². The van der Waals surface area contributed by atoms with Gasteiger partial charge in [0.15, 0.2) is 0 Å². The summed E-state index contributed by atoms with van der Waals surface area (Å²) in [6.07, 6.45) is 0.457. The molecular formula is C18H26ClN3O3. The van der Waals surface area contributed by atoms with E-state index in [9.17, 15) is 14.7 Å². The Morgan fingerprint density at radius 1 is 1.16 bits per heavy atom. The molecule has 6 nitrogen and oxygen atoms in total. The van der Waals surface area contributed by atoms with E-state index in [4.69, 9.17) is 0 Å². The topological polar surface area (TPSA) is 72.9 Å². The van der Waals surface area contributed by atoms with E-state index in [1.54, 1.807) is 4.90 Å². The summed E-state index contributed by atoms with van der Waals surface area (Å²) >= 11 is 0. The lowest BCUT2D eigenvalue weighted by Crippen LogP contribution is -2.54. The molecule has 1 aromatic rings. The van der Waals surface area contributed by atoms with Gasteiger partial charge in [-0.1, -0.05) is 24.3 Å². The van der Waals surface area contributed by atoms with Crippen LogP contribution < -0.4 is 5.32 Å². The van der Waals surface area contributed by atoms with Gasteiger partial charge in [0, 0.05) is 32.7 Å². The Morgan fingerprint density at radius 2 is 1.80 bits per heavy atom. The molecular weight excluding hydrogens is 342 g/mol. The zero-order chi connectivity index (χ0) is 17.1. The van der Waals surface area contributed by atoms with Crippen molar-refractivity contribution in [2.24, 2.45) is 0 Å². The molecule has 3 rings (SSSR count). The van der Waals surface area contributed by atoms with E-state index in [-0.39, 0.29) is 30.3 Å². The van der Waals surface area contributed by atoms with Crippen molar-refractivity contribution < 1.29 is 14.7 Å². The van der Waals surface area contributed by atoms with E-state index in [0.29, 0.717) is 45.6 Å². The van der Waals surface area contributed by atoms with Gasteiger partial charge >= 0.3 is 0 Å². The third-order valence-corrected chi connectivity index (χ3v) is 4.95. The van der Waals surface area contributed by atoms with Crippen LogP contribution in [0.25, 0.3) is 0 Å². The number of carbonyl (C=O) groups excluding carboxylic acids is 2. The van der Waals surface area contributed by atoms with E-state index in [2.05, 4.69) is 5.32 Å². The molecule has 0 aliphatic carbocycles. The fourth-order valence-electron chi connectivity index (χ4n) is 3.38. The number of rotatable bonds is 3. The van der Waals surface area contributed by atoms with E-state index >= 15 is 0 Å². The summed E-state index contributed by atoms with van der Waals surface area (Å²) in [5, 5.41) is 12.6. The minimum Gasteiger partial charge on any atom is -0.392 e. The number of benzene rings is 1. The highest BCUT2D eigenvalue weighted by atomic mass is 35.5. The van der Waals surface area contributed by atoms with E-state index in [0.717, 1.165) is 11.1 Å². The van der Waals surface area contributed by atoms with Gasteiger partial charge in [0.05, 0.1) is 18.6 Å². The number of carbonyl (C=O) groups is 2. The molecule has 0 aromatic heterocycles. The lowest BCUT2D eigenvalue weighted by molar-refractivity contribution is -0.140. The number of hydrogen-bond acceptors (Lipinski definition) is 4. The Hall–Kier alpha value is -1.63. The minimum absolute atomic E-state index is 0. The van der Waals surface area contributed by atoms with Crippen molar-refractivity contribution in [3.05, 3.63) is 35.4 Å². The van der Waals surface area contributed by atoms with Gasteiger partial charge in [-0.05, 0) is 24.5 Å². The Kier molecular flexibility index (Phi) is 6.81. The molecule has 2 unspecified atom stereocenters. The van der Waals surface area contributed by atoms with Gasteiger partial charge in [0.2, 0.25) is 11.8 Å². The van der Waals surface area contributed by atoms with Crippen LogP contribution in [0.15, 0.2) is 24.3 Å². The molecule has 0 spiro atoms. The predicted octanol–water partition coefficient (Wildman–Crippen LogP) is 0.353. The number of nitrogens with one attached hydrogen (secondary N) is 1. The third kappa shape index (κ3) is 4.71. The summed E-state index contributed by atoms with van der Waals surface area (Å²) in [5.74, 6) is 0.156. The van der Waals surface area contributed by atoms with Gasteiger partial charge in [-0.25, -0.2) is 0 Å². The normalized spacial score (nSPS) is 23.3. The first kappa shape index (κ1) is 19.7. The molecule has 2 fully saturated rings. The standard InChI is InChI=1S/C18H25N3O3.ClH/c1-13-4-2-3-5-14(13)10-17(23)20-6-8-21(9-7-20)18(24)16-11-15(22)12-19-16;/h2-5,15-16,19,22H,6-12H2,1H3;1H. The number of aliphatic hydroxyl groups excluding tert-OH is 1. The number of aliphatic hydroxyl groups is 1. The first-order chi connectivity index (χ1) is 11.5. The maximum absolute atomic E-state index is 12.5. The quantitative estimate of drug-likeness (QED) is 0.808. The lowest BCUT2D eigenvalue weighted by Gasteiger charge is -2.36. The Morgan fingerprint density at radius 3 is 2.40 bits per heavy atom. The van der Waals surface area contributed by atoms with Crippen molar-refractivity contribution in [3.8, 4) is 0 Å². The second kappa shape index (κ2) is 8.65. The summed E-state index contributed by atoms with van der Waals surface area (Å²) in [7, 11) is 0. The second-order valence-electron chi connectivity index (χ2n) is 6.66. The van der Waals surface area contributed by atoms with Gasteiger partial charge in [-0.3, -0.25) is 9.59 Å². The van der Waals surface area contributed by atoms with Crippen LogP contribution in [0.1, 0.15) is 17.5 Å². The number of β-amino-alcohol motifs (C(OH)–C–C–N with tert-alkyl or cyclic N) is 1. The van der Waals surface area contributed by atoms with Gasteiger partial charge in [0.1, 0.15) is 0 Å². The minimum atomic E-state index is -0.434. The number of hydrogen-bond donors (Lipinski definition) is 2. The van der Waals surface area contributed by atoms with Crippen LogP contribution in [0.2, 0.25) is 0 Å². The van der Waals surface area contributed by atoms with Crippen molar-refractivity contribution in [2.45, 2.75) is 31.9 Å². The molecule has 0 saturated carbocycles. The molecule has 2 aliphatic rings. The van der Waals surface area contributed by atoms with Gasteiger partial charge < -0.3 is 20.2 Å². The van der Waals surface area contributed by atoms with Crippen LogP contribution in [0, 0.1) is 6.92 Å². The SMILES string of the molecule is Cc1ccccc1CC(=O)N1CCN(C(=O)C2CC(O)CN2)CC1.Cl. The zero-order valence-electron chi connectivity index (χ0n) is 14.5. The fraction of sp³-hybridized carbons (Fsp3) is 0.556. The van der Waals surface area contributed by atoms with Crippen molar-refractivity contribution in [1.82, 2.24) is 15.1 Å². The smallest absolute Gasteiger partial charge is 0.239 e. The molecule has 2 heterocycles. The van der Waals surface area contributed by atoms with Crippen LogP contribution in [-0.2, 0) is 16.0 Å². The Balaban J connectivity index is 0.00000225. The van der Waals surface area contributed by atoms with Crippen LogP contribution in [0.4, 0.5) is 0 Å². The Labute approximate surface area is 154 Å². The largest absolute Gasteiger partial charge is 0.392 e. The average molecular weight is 368 g/mol. The number of aryl methyl sites for hydroxylation is 1. The molecule has 0 radical (unpaired) electrons. The van der Waals surface area contributed by atoms with Crippen molar-refractivity contribution in [1.29, 1.82) is 0 Å². The number of piperazine rings is 1. The summed E-state index contributed by atoms with van der Waals surface area (Å²) in [5.41, 5.74) is 2.19. The Bertz CT molecular complexity index is 617. The molecule has 2 amide bonds. The highest BCUT2D eigenvalue weighted by Crippen LogP contribution is 2.14. The second-order valence-corrected chi connectivity index (χ2v) is 6.66. The van der Waals surface area contributed by atoms with Gasteiger partial charge in [-0.2, -0.15) is 0 Å². The van der Waals surface area contributed by atoms with Crippen LogP contribution >= 0.6 is 12.4 Å². The summed E-state index contributed by atoms with van der Waals surface area (Å²) in [6.45, 7) is 4.77. The molecule has 138 valence electrons. The summed E-state index contributed by atoms with van der Waals surface area (Å²) in [6, 6.07) is 7.65. The molecule has 7 heteroatoms. The molecule has 2 atom stereocenters. The van der Waals surface area contributed by atoms with Gasteiger partial charge in [0.25, 0.3) is 0 Å². The molecule has 2 aliphatic heterocycles. The van der Waals surface area contributed by atoms with E-state index < -0.39 is 6.10 Å². The molecule has 25 heavy (non-hydrogen) atoms. The molecule has 2 N–H and O–H groups in total. The maximum Gasteiger partial charge on any atom is 0.239 e. The fourth-order valence-corrected chi connectivity index (χ4v) is 3.38.